The van der Waals surface area contributed by atoms with Crippen molar-refractivity contribution in [1.82, 2.24) is 20.3 Å². The molecule has 0 unspecified atom stereocenters. The number of nitrogens with zero attached hydrogens (tertiary/aromatic N) is 5. The maximum atomic E-state index is 12.9. The van der Waals surface area contributed by atoms with E-state index >= 15 is 0 Å². The van der Waals surface area contributed by atoms with Crippen molar-refractivity contribution in [2.75, 3.05) is 36.0 Å². The van der Waals surface area contributed by atoms with Gasteiger partial charge in [0.2, 0.25) is 5.91 Å². The van der Waals surface area contributed by atoms with E-state index in [4.69, 9.17) is 0 Å². The van der Waals surface area contributed by atoms with Crippen LogP contribution < -0.4 is 15.1 Å². The van der Waals surface area contributed by atoms with E-state index in [1.807, 2.05) is 12.3 Å². The lowest BCUT2D eigenvalue weighted by Crippen LogP contribution is -2.43. The van der Waals surface area contributed by atoms with Crippen LogP contribution in [0, 0.1) is 5.92 Å². The van der Waals surface area contributed by atoms with Gasteiger partial charge in [-0.2, -0.15) is 0 Å². The Morgan fingerprint density at radius 2 is 1.69 bits per heavy atom. The number of hydrogen-bond donors (Lipinski definition) is 1. The van der Waals surface area contributed by atoms with Gasteiger partial charge in [0, 0.05) is 50.8 Å². The van der Waals surface area contributed by atoms with Gasteiger partial charge in [-0.1, -0.05) is 12.1 Å². The molecule has 7 heteroatoms. The molecule has 0 saturated carbocycles. The van der Waals surface area contributed by atoms with Crippen molar-refractivity contribution in [2.24, 2.45) is 5.92 Å². The third-order valence-electron chi connectivity index (χ3n) is 6.59. The molecule has 2 fully saturated rings. The average Bonchev–Trinajstić information content (AvgIpc) is 2.88. The summed E-state index contributed by atoms with van der Waals surface area (Å²) < 4.78 is 0. The first-order valence-electron chi connectivity index (χ1n) is 11.7. The number of amides is 1. The molecule has 166 valence electrons. The van der Waals surface area contributed by atoms with E-state index in [2.05, 4.69) is 54.3 Å². The van der Waals surface area contributed by atoms with E-state index in [1.165, 1.54) is 24.9 Å². The lowest BCUT2D eigenvalue weighted by molar-refractivity contribution is -0.125. The molecule has 1 amide bonds. The molecule has 1 N–H and O–H groups in total. The smallest absolute Gasteiger partial charge is 0.225 e. The SMILES string of the molecule is O=C(NCc1ccc(N2CCCCC2)cc1)[C@H]1CCCN(c2cnc3nccnc3c2)C1. The summed E-state index contributed by atoms with van der Waals surface area (Å²) in [6, 6.07) is 10.7. The lowest BCUT2D eigenvalue weighted by atomic mass is 9.96. The lowest BCUT2D eigenvalue weighted by Gasteiger charge is -2.33. The molecule has 5 rings (SSSR count). The van der Waals surface area contributed by atoms with Crippen LogP contribution in [0.2, 0.25) is 0 Å². The molecule has 0 radical (unpaired) electrons. The first-order chi connectivity index (χ1) is 15.8. The summed E-state index contributed by atoms with van der Waals surface area (Å²) in [6.07, 6.45) is 11.0. The van der Waals surface area contributed by atoms with Crippen molar-refractivity contribution < 1.29 is 4.79 Å². The topological polar surface area (TPSA) is 74.2 Å². The van der Waals surface area contributed by atoms with E-state index in [9.17, 15) is 4.79 Å². The number of hydrogen-bond acceptors (Lipinski definition) is 6. The standard InChI is InChI=1S/C25H30N6O/c32-25(29-16-19-6-8-21(9-7-19)30-12-2-1-3-13-30)20-5-4-14-31(18-20)22-15-23-24(28-17-22)27-11-10-26-23/h6-11,15,17,20H,1-5,12-14,16,18H2,(H,29,32)/t20-/m0/s1. The van der Waals surface area contributed by atoms with Crippen molar-refractivity contribution in [2.45, 2.75) is 38.6 Å². The Balaban J connectivity index is 1.17. The van der Waals surface area contributed by atoms with Crippen LogP contribution in [0.15, 0.2) is 48.9 Å². The van der Waals surface area contributed by atoms with Gasteiger partial charge in [-0.15, -0.1) is 0 Å². The van der Waals surface area contributed by atoms with Crippen LogP contribution in [0.25, 0.3) is 11.2 Å². The number of benzene rings is 1. The molecule has 4 heterocycles. The Kier molecular flexibility index (Phi) is 6.14. The summed E-state index contributed by atoms with van der Waals surface area (Å²) in [7, 11) is 0. The number of aromatic nitrogens is 3. The van der Waals surface area contributed by atoms with Gasteiger partial charge >= 0.3 is 0 Å². The van der Waals surface area contributed by atoms with Gasteiger partial charge in [-0.25, -0.2) is 9.97 Å². The number of anilines is 2. The maximum Gasteiger partial charge on any atom is 0.225 e. The van der Waals surface area contributed by atoms with E-state index in [0.717, 1.165) is 49.2 Å². The normalized spacial score (nSPS) is 19.2. The highest BCUT2D eigenvalue weighted by Crippen LogP contribution is 2.25. The fourth-order valence-corrected chi connectivity index (χ4v) is 4.76. The first kappa shape index (κ1) is 20.7. The molecule has 2 aliphatic heterocycles. The van der Waals surface area contributed by atoms with Crippen LogP contribution in [0.4, 0.5) is 11.4 Å². The minimum Gasteiger partial charge on any atom is -0.372 e. The highest BCUT2D eigenvalue weighted by atomic mass is 16.1. The van der Waals surface area contributed by atoms with Crippen molar-refractivity contribution in [3.8, 4) is 0 Å². The molecule has 1 aromatic carbocycles. The molecule has 2 aliphatic rings. The number of carbonyl (C=O) groups excluding carboxylic acids is 1. The Hall–Kier alpha value is -3.22. The van der Waals surface area contributed by atoms with E-state index in [0.29, 0.717) is 18.7 Å². The highest BCUT2D eigenvalue weighted by Gasteiger charge is 2.26. The van der Waals surface area contributed by atoms with Gasteiger partial charge in [0.25, 0.3) is 0 Å². The van der Waals surface area contributed by atoms with Gasteiger partial charge in [0.05, 0.1) is 17.8 Å². The van der Waals surface area contributed by atoms with Crippen LogP contribution in [-0.2, 0) is 11.3 Å². The Bertz CT molecular complexity index is 1060. The number of piperidine rings is 2. The quantitative estimate of drug-likeness (QED) is 0.667. The van der Waals surface area contributed by atoms with Gasteiger partial charge in [-0.3, -0.25) is 9.78 Å². The molecule has 7 nitrogen and oxygen atoms in total. The van der Waals surface area contributed by atoms with Crippen LogP contribution in [0.3, 0.4) is 0 Å². The summed E-state index contributed by atoms with van der Waals surface area (Å²) in [5.74, 6) is 0.109. The number of pyridine rings is 1. The average molecular weight is 431 g/mol. The zero-order chi connectivity index (χ0) is 21.8. The molecule has 2 saturated heterocycles. The second-order valence-electron chi connectivity index (χ2n) is 8.81. The predicted octanol–water partition coefficient (Wildman–Crippen LogP) is 3.55. The minimum absolute atomic E-state index is 0.0195. The third-order valence-corrected chi connectivity index (χ3v) is 6.59. The van der Waals surface area contributed by atoms with E-state index in [-0.39, 0.29) is 11.8 Å². The van der Waals surface area contributed by atoms with Crippen molar-refractivity contribution >= 4 is 28.4 Å². The van der Waals surface area contributed by atoms with Gasteiger partial charge in [-0.05, 0) is 55.9 Å². The van der Waals surface area contributed by atoms with Crippen LogP contribution in [0.1, 0.15) is 37.7 Å². The summed E-state index contributed by atoms with van der Waals surface area (Å²) in [6.45, 7) is 4.49. The van der Waals surface area contributed by atoms with Crippen LogP contribution >= 0.6 is 0 Å². The van der Waals surface area contributed by atoms with Crippen LogP contribution in [-0.4, -0.2) is 47.0 Å². The van der Waals surface area contributed by atoms with E-state index < -0.39 is 0 Å². The summed E-state index contributed by atoms with van der Waals surface area (Å²) in [5, 5.41) is 3.15. The fourth-order valence-electron chi connectivity index (χ4n) is 4.76. The summed E-state index contributed by atoms with van der Waals surface area (Å²) in [5.41, 5.74) is 4.86. The highest BCUT2D eigenvalue weighted by molar-refractivity contribution is 5.80. The zero-order valence-corrected chi connectivity index (χ0v) is 18.4. The molecule has 3 aromatic rings. The Morgan fingerprint density at radius 1 is 0.906 bits per heavy atom. The van der Waals surface area contributed by atoms with Gasteiger partial charge in [0.1, 0.15) is 5.52 Å². The van der Waals surface area contributed by atoms with Crippen molar-refractivity contribution in [3.63, 3.8) is 0 Å². The molecule has 1 atom stereocenters. The Morgan fingerprint density at radius 3 is 2.53 bits per heavy atom. The molecular weight excluding hydrogens is 400 g/mol. The molecule has 2 aromatic heterocycles. The number of rotatable bonds is 5. The largest absolute Gasteiger partial charge is 0.372 e. The minimum atomic E-state index is -0.0195. The Labute approximate surface area is 188 Å². The second-order valence-corrected chi connectivity index (χ2v) is 8.81. The third kappa shape index (κ3) is 4.66. The van der Waals surface area contributed by atoms with Crippen molar-refractivity contribution in [1.29, 1.82) is 0 Å². The summed E-state index contributed by atoms with van der Waals surface area (Å²) in [4.78, 5) is 30.6. The zero-order valence-electron chi connectivity index (χ0n) is 18.4. The molecule has 0 aliphatic carbocycles. The van der Waals surface area contributed by atoms with E-state index in [1.54, 1.807) is 12.4 Å². The fraction of sp³-hybridized carbons (Fsp3) is 0.440. The van der Waals surface area contributed by atoms with Crippen LogP contribution in [0.5, 0.6) is 0 Å². The van der Waals surface area contributed by atoms with Gasteiger partial charge in [0.15, 0.2) is 5.65 Å². The molecule has 0 spiro atoms. The predicted molar refractivity (Wildman–Crippen MR) is 127 cm³/mol. The summed E-state index contributed by atoms with van der Waals surface area (Å²) >= 11 is 0. The number of fused-ring (bicyclic) bond motifs is 1. The second kappa shape index (κ2) is 9.51. The van der Waals surface area contributed by atoms with Gasteiger partial charge < -0.3 is 15.1 Å². The monoisotopic (exact) mass is 430 g/mol. The maximum absolute atomic E-state index is 12.9. The number of nitrogens with one attached hydrogen (secondary N) is 1. The first-order valence-corrected chi connectivity index (χ1v) is 11.7. The van der Waals surface area contributed by atoms with Crippen molar-refractivity contribution in [3.05, 3.63) is 54.5 Å². The molecule has 32 heavy (non-hydrogen) atoms. The number of carbonyl (C=O) groups is 1. The molecular formula is C25H30N6O. The molecule has 0 bridgehead atoms.